The Balaban J connectivity index is 1.81. The van der Waals surface area contributed by atoms with Gasteiger partial charge in [0, 0.05) is 43.9 Å². The Hall–Kier alpha value is -0.530. The molecule has 1 aliphatic heterocycles. The lowest BCUT2D eigenvalue weighted by Crippen LogP contribution is -2.33. The van der Waals surface area contributed by atoms with E-state index in [1.807, 2.05) is 16.3 Å². The maximum absolute atomic E-state index is 12.1. The summed E-state index contributed by atoms with van der Waals surface area (Å²) in [5, 5.41) is 0.254. The van der Waals surface area contributed by atoms with Crippen molar-refractivity contribution in [2.45, 2.75) is 50.4 Å². The van der Waals surface area contributed by atoms with Gasteiger partial charge in [0.15, 0.2) is 0 Å². The Morgan fingerprint density at radius 1 is 1.22 bits per heavy atom. The molecule has 2 aliphatic rings. The molecule has 3 rings (SSSR count). The highest BCUT2D eigenvalue weighted by molar-refractivity contribution is 7.99. The number of sulfone groups is 1. The van der Waals surface area contributed by atoms with Crippen LogP contribution < -0.4 is 0 Å². The van der Waals surface area contributed by atoms with E-state index in [-0.39, 0.29) is 5.16 Å². The third kappa shape index (κ3) is 4.51. The Morgan fingerprint density at radius 2 is 1.91 bits per heavy atom. The molecule has 0 bridgehead atoms. The zero-order valence-corrected chi connectivity index (χ0v) is 15.5. The molecule has 1 saturated heterocycles. The maximum Gasteiger partial charge on any atom is 0.227 e. The lowest BCUT2D eigenvalue weighted by Gasteiger charge is -2.28. The van der Waals surface area contributed by atoms with Crippen LogP contribution in [0.2, 0.25) is 0 Å². The van der Waals surface area contributed by atoms with Gasteiger partial charge in [0.1, 0.15) is 0 Å². The minimum Gasteiger partial charge on any atom is -0.317 e. The Labute approximate surface area is 143 Å². The number of nitrogens with zero attached hydrogens (tertiary/aromatic N) is 3. The van der Waals surface area contributed by atoms with Crippen molar-refractivity contribution in [2.24, 2.45) is 5.92 Å². The molecule has 1 aromatic rings. The van der Waals surface area contributed by atoms with E-state index in [2.05, 4.69) is 9.88 Å². The van der Waals surface area contributed by atoms with E-state index in [4.69, 9.17) is 0 Å². The molecule has 0 N–H and O–H groups in total. The number of aromatic nitrogens is 2. The molecule has 2 heterocycles. The van der Waals surface area contributed by atoms with E-state index in [1.54, 1.807) is 6.20 Å². The van der Waals surface area contributed by atoms with E-state index in [1.165, 1.54) is 38.4 Å². The Morgan fingerprint density at radius 3 is 2.57 bits per heavy atom. The normalized spacial score (nSPS) is 21.6. The molecule has 130 valence electrons. The third-order valence-corrected chi connectivity index (χ3v) is 6.82. The summed E-state index contributed by atoms with van der Waals surface area (Å²) in [5.74, 6) is 2.92. The molecular weight excluding hydrogens is 330 g/mol. The Kier molecular flexibility index (Phi) is 5.69. The minimum atomic E-state index is -3.28. The molecule has 0 amide bonds. The van der Waals surface area contributed by atoms with Gasteiger partial charge in [-0.15, -0.1) is 0 Å². The van der Waals surface area contributed by atoms with Gasteiger partial charge >= 0.3 is 0 Å². The Bertz CT molecular complexity index is 615. The fourth-order valence-electron chi connectivity index (χ4n) is 3.63. The SMILES string of the molecule is CS(=O)(=O)c1ncc(CN2CCSCC2)n1CC1CCCCC1. The smallest absolute Gasteiger partial charge is 0.227 e. The predicted octanol–water partition coefficient (Wildman–Crippen LogP) is 2.42. The monoisotopic (exact) mass is 357 g/mol. The molecule has 0 unspecified atom stereocenters. The second-order valence-corrected chi connectivity index (χ2v) is 9.94. The van der Waals surface area contributed by atoms with Crippen LogP contribution >= 0.6 is 11.8 Å². The lowest BCUT2D eigenvalue weighted by atomic mass is 9.89. The van der Waals surface area contributed by atoms with Crippen LogP contribution in [-0.4, -0.2) is 53.7 Å². The van der Waals surface area contributed by atoms with E-state index in [0.29, 0.717) is 5.92 Å². The van der Waals surface area contributed by atoms with Crippen LogP contribution in [0.15, 0.2) is 11.4 Å². The van der Waals surface area contributed by atoms with Gasteiger partial charge in [-0.1, -0.05) is 19.3 Å². The average Bonchev–Trinajstić information content (AvgIpc) is 2.92. The van der Waals surface area contributed by atoms with Gasteiger partial charge in [0.25, 0.3) is 0 Å². The average molecular weight is 358 g/mol. The van der Waals surface area contributed by atoms with Crippen molar-refractivity contribution in [3.63, 3.8) is 0 Å². The lowest BCUT2D eigenvalue weighted by molar-refractivity contribution is 0.269. The predicted molar refractivity (Wildman–Crippen MR) is 94.5 cm³/mol. The summed E-state index contributed by atoms with van der Waals surface area (Å²) in [4.78, 5) is 6.68. The molecular formula is C16H27N3O2S2. The van der Waals surface area contributed by atoms with Crippen LogP contribution in [0.5, 0.6) is 0 Å². The van der Waals surface area contributed by atoms with E-state index in [9.17, 15) is 8.42 Å². The van der Waals surface area contributed by atoms with E-state index >= 15 is 0 Å². The van der Waals surface area contributed by atoms with Crippen LogP contribution in [0.1, 0.15) is 37.8 Å². The topological polar surface area (TPSA) is 55.2 Å². The highest BCUT2D eigenvalue weighted by Gasteiger charge is 2.24. The fourth-order valence-corrected chi connectivity index (χ4v) is 5.44. The maximum atomic E-state index is 12.1. The first-order chi connectivity index (χ1) is 11.0. The summed E-state index contributed by atoms with van der Waals surface area (Å²) >= 11 is 1.99. The highest BCUT2D eigenvalue weighted by Crippen LogP contribution is 2.27. The molecule has 7 heteroatoms. The molecule has 1 aromatic heterocycles. The summed E-state index contributed by atoms with van der Waals surface area (Å²) in [7, 11) is -3.28. The molecule has 23 heavy (non-hydrogen) atoms. The summed E-state index contributed by atoms with van der Waals surface area (Å²) in [6.07, 6.45) is 9.33. The first kappa shape index (κ1) is 17.3. The van der Waals surface area contributed by atoms with Crippen LogP contribution in [0.4, 0.5) is 0 Å². The summed E-state index contributed by atoms with van der Waals surface area (Å²) in [6.45, 7) is 3.77. The first-order valence-electron chi connectivity index (χ1n) is 8.58. The fraction of sp³-hybridized carbons (Fsp3) is 0.812. The molecule has 0 atom stereocenters. The van der Waals surface area contributed by atoms with Gasteiger partial charge in [-0.3, -0.25) is 4.90 Å². The quantitative estimate of drug-likeness (QED) is 0.810. The number of rotatable bonds is 5. The number of hydrogen-bond acceptors (Lipinski definition) is 5. The van der Waals surface area contributed by atoms with Crippen LogP contribution in [0.3, 0.4) is 0 Å². The van der Waals surface area contributed by atoms with Crippen molar-refractivity contribution < 1.29 is 8.42 Å². The molecule has 0 radical (unpaired) electrons. The molecule has 1 saturated carbocycles. The summed E-state index contributed by atoms with van der Waals surface area (Å²) < 4.78 is 26.2. The van der Waals surface area contributed by atoms with Crippen molar-refractivity contribution in [3.05, 3.63) is 11.9 Å². The van der Waals surface area contributed by atoms with Gasteiger partial charge in [-0.05, 0) is 18.8 Å². The first-order valence-corrected chi connectivity index (χ1v) is 11.6. The molecule has 5 nitrogen and oxygen atoms in total. The van der Waals surface area contributed by atoms with E-state index < -0.39 is 9.84 Å². The van der Waals surface area contributed by atoms with Crippen LogP contribution in [0.25, 0.3) is 0 Å². The zero-order chi connectivity index (χ0) is 16.3. The van der Waals surface area contributed by atoms with Gasteiger partial charge in [0.05, 0.1) is 11.9 Å². The van der Waals surface area contributed by atoms with Crippen molar-refractivity contribution >= 4 is 21.6 Å². The van der Waals surface area contributed by atoms with Crippen molar-refractivity contribution in [1.82, 2.24) is 14.5 Å². The van der Waals surface area contributed by atoms with Crippen molar-refractivity contribution in [1.29, 1.82) is 0 Å². The molecule has 1 aliphatic carbocycles. The molecule has 0 spiro atoms. The second kappa shape index (κ2) is 7.57. The van der Waals surface area contributed by atoms with Gasteiger partial charge in [-0.2, -0.15) is 11.8 Å². The van der Waals surface area contributed by atoms with Crippen molar-refractivity contribution in [2.75, 3.05) is 30.9 Å². The zero-order valence-electron chi connectivity index (χ0n) is 13.9. The molecule has 0 aromatic carbocycles. The summed E-state index contributed by atoms with van der Waals surface area (Å²) in [6, 6.07) is 0. The number of hydrogen-bond donors (Lipinski definition) is 0. The van der Waals surface area contributed by atoms with E-state index in [0.717, 1.165) is 43.4 Å². The summed E-state index contributed by atoms with van der Waals surface area (Å²) in [5.41, 5.74) is 1.06. The largest absolute Gasteiger partial charge is 0.317 e. The third-order valence-electron chi connectivity index (χ3n) is 4.89. The van der Waals surface area contributed by atoms with Gasteiger partial charge in [0.2, 0.25) is 15.0 Å². The van der Waals surface area contributed by atoms with Crippen LogP contribution in [0, 0.1) is 5.92 Å². The molecule has 2 fully saturated rings. The van der Waals surface area contributed by atoms with Crippen molar-refractivity contribution in [3.8, 4) is 0 Å². The number of thioether (sulfide) groups is 1. The minimum absolute atomic E-state index is 0.254. The standard InChI is InChI=1S/C16H27N3O2S2/c1-23(20,21)16-17-11-15(13-18-7-9-22-10-8-18)19(16)12-14-5-3-2-4-6-14/h11,14H,2-10,12-13H2,1H3. The van der Waals surface area contributed by atoms with Crippen LogP contribution in [-0.2, 0) is 22.9 Å². The van der Waals surface area contributed by atoms with Gasteiger partial charge in [-0.25, -0.2) is 13.4 Å². The number of imidazole rings is 1. The van der Waals surface area contributed by atoms with Gasteiger partial charge < -0.3 is 4.57 Å². The second-order valence-electron chi connectivity index (χ2n) is 6.81. The highest BCUT2D eigenvalue weighted by atomic mass is 32.2.